The van der Waals surface area contributed by atoms with Crippen LogP contribution in [-0.2, 0) is 21.2 Å². The lowest BCUT2D eigenvalue weighted by Gasteiger charge is -2.33. The molecule has 0 spiro atoms. The van der Waals surface area contributed by atoms with Crippen LogP contribution in [0, 0.1) is 5.82 Å². The summed E-state index contributed by atoms with van der Waals surface area (Å²) in [5.74, 6) is -2.00. The fourth-order valence-corrected chi connectivity index (χ4v) is 6.08. The van der Waals surface area contributed by atoms with Crippen LogP contribution in [0.4, 0.5) is 4.39 Å². The maximum atomic E-state index is 14.7. The Balaban J connectivity index is 1.65. The first kappa shape index (κ1) is 27.0. The SMILES string of the molecule is CC(C)c1cccc(-c2ccc(S(=O)(=O)N(C)C3CCCc4c3cc(Cl)c(F)c4OCC(=O)O)nc2)c1. The number of hydrogen-bond donors (Lipinski definition) is 1. The Morgan fingerprint density at radius 1 is 1.24 bits per heavy atom. The average molecular weight is 547 g/mol. The Kier molecular flexibility index (Phi) is 7.87. The first-order valence-corrected chi connectivity index (χ1v) is 13.7. The number of rotatable bonds is 8. The summed E-state index contributed by atoms with van der Waals surface area (Å²) in [6.07, 6.45) is 2.98. The van der Waals surface area contributed by atoms with Gasteiger partial charge >= 0.3 is 5.97 Å². The monoisotopic (exact) mass is 546 g/mol. The van der Waals surface area contributed by atoms with Gasteiger partial charge in [-0.25, -0.2) is 22.6 Å². The van der Waals surface area contributed by atoms with E-state index in [2.05, 4.69) is 24.9 Å². The number of hydrogen-bond acceptors (Lipinski definition) is 5. The van der Waals surface area contributed by atoms with Crippen molar-refractivity contribution in [1.29, 1.82) is 0 Å². The van der Waals surface area contributed by atoms with E-state index in [0.29, 0.717) is 36.3 Å². The van der Waals surface area contributed by atoms with Crippen molar-refractivity contribution in [2.75, 3.05) is 13.7 Å². The fraction of sp³-hybridized carbons (Fsp3) is 0.333. The van der Waals surface area contributed by atoms with Crippen molar-refractivity contribution in [3.05, 3.63) is 76.2 Å². The van der Waals surface area contributed by atoms with Gasteiger partial charge in [0.2, 0.25) is 0 Å². The van der Waals surface area contributed by atoms with Gasteiger partial charge in [0, 0.05) is 24.4 Å². The largest absolute Gasteiger partial charge is 0.479 e. The number of fused-ring (bicyclic) bond motifs is 1. The Labute approximate surface area is 220 Å². The van der Waals surface area contributed by atoms with E-state index in [4.69, 9.17) is 21.4 Å². The molecule has 0 radical (unpaired) electrons. The van der Waals surface area contributed by atoms with Crippen LogP contribution in [0.5, 0.6) is 5.75 Å². The first-order valence-electron chi connectivity index (χ1n) is 11.9. The van der Waals surface area contributed by atoms with E-state index in [1.807, 2.05) is 18.2 Å². The number of ether oxygens (including phenoxy) is 1. The lowest BCUT2D eigenvalue weighted by molar-refractivity contribution is -0.139. The fourth-order valence-electron chi connectivity index (χ4n) is 4.60. The molecule has 1 aromatic heterocycles. The maximum absolute atomic E-state index is 14.7. The molecule has 1 N–H and O–H groups in total. The summed E-state index contributed by atoms with van der Waals surface area (Å²) >= 11 is 6.09. The number of pyridine rings is 1. The van der Waals surface area contributed by atoms with Crippen molar-refractivity contribution >= 4 is 27.6 Å². The minimum atomic E-state index is -4.01. The number of nitrogens with zero attached hydrogens (tertiary/aromatic N) is 2. The summed E-state index contributed by atoms with van der Waals surface area (Å²) in [5.41, 5.74) is 3.84. The Morgan fingerprint density at radius 2 is 2.00 bits per heavy atom. The van der Waals surface area contributed by atoms with Crippen LogP contribution >= 0.6 is 11.6 Å². The molecule has 0 saturated carbocycles. The van der Waals surface area contributed by atoms with Gasteiger partial charge in [-0.15, -0.1) is 0 Å². The van der Waals surface area contributed by atoms with Gasteiger partial charge in [0.05, 0.1) is 11.1 Å². The van der Waals surface area contributed by atoms with Gasteiger partial charge in [-0.3, -0.25) is 0 Å². The highest BCUT2D eigenvalue weighted by molar-refractivity contribution is 7.89. The summed E-state index contributed by atoms with van der Waals surface area (Å²) in [6, 6.07) is 12.0. The van der Waals surface area contributed by atoms with Crippen molar-refractivity contribution in [2.24, 2.45) is 0 Å². The number of halogens is 2. The highest BCUT2D eigenvalue weighted by Gasteiger charge is 2.35. The van der Waals surface area contributed by atoms with Crippen molar-refractivity contribution in [3.8, 4) is 16.9 Å². The van der Waals surface area contributed by atoms with E-state index in [-0.39, 0.29) is 15.8 Å². The van der Waals surface area contributed by atoms with Gasteiger partial charge in [-0.2, -0.15) is 4.31 Å². The smallest absolute Gasteiger partial charge is 0.341 e. The van der Waals surface area contributed by atoms with Crippen LogP contribution in [0.2, 0.25) is 5.02 Å². The quantitative estimate of drug-likeness (QED) is 0.382. The van der Waals surface area contributed by atoms with Gasteiger partial charge in [0.1, 0.15) is 0 Å². The molecule has 4 rings (SSSR count). The van der Waals surface area contributed by atoms with Gasteiger partial charge < -0.3 is 9.84 Å². The summed E-state index contributed by atoms with van der Waals surface area (Å²) in [7, 11) is -2.56. The number of sulfonamides is 1. The molecule has 0 bridgehead atoms. The average Bonchev–Trinajstić information content (AvgIpc) is 2.88. The molecular weight excluding hydrogens is 519 g/mol. The van der Waals surface area contributed by atoms with E-state index >= 15 is 0 Å². The second-order valence-electron chi connectivity index (χ2n) is 9.35. The molecule has 2 aromatic carbocycles. The molecule has 1 heterocycles. The number of carbonyl (C=O) groups is 1. The molecule has 37 heavy (non-hydrogen) atoms. The number of carboxylic acids is 1. The van der Waals surface area contributed by atoms with Crippen molar-refractivity contribution in [1.82, 2.24) is 9.29 Å². The van der Waals surface area contributed by atoms with Crippen molar-refractivity contribution in [2.45, 2.75) is 50.1 Å². The topological polar surface area (TPSA) is 96.8 Å². The van der Waals surface area contributed by atoms with Crippen LogP contribution in [0.15, 0.2) is 53.7 Å². The summed E-state index contributed by atoms with van der Waals surface area (Å²) in [5, 5.41) is 8.60. The van der Waals surface area contributed by atoms with Gasteiger partial charge in [-0.05, 0) is 60.1 Å². The third-order valence-corrected chi connectivity index (χ3v) is 8.68. The number of aromatic nitrogens is 1. The zero-order chi connectivity index (χ0) is 26.9. The van der Waals surface area contributed by atoms with Crippen LogP contribution in [0.1, 0.15) is 55.3 Å². The van der Waals surface area contributed by atoms with Crippen molar-refractivity contribution in [3.63, 3.8) is 0 Å². The molecule has 0 aliphatic heterocycles. The minimum absolute atomic E-state index is 0.110. The van der Waals surface area contributed by atoms with E-state index in [1.165, 1.54) is 29.0 Å². The van der Waals surface area contributed by atoms with Gasteiger partial charge in [0.15, 0.2) is 23.2 Å². The molecule has 1 aliphatic rings. The second-order valence-corrected chi connectivity index (χ2v) is 11.7. The lowest BCUT2D eigenvalue weighted by atomic mass is 9.87. The first-order chi connectivity index (χ1) is 17.5. The predicted octanol–water partition coefficient (Wildman–Crippen LogP) is 5.83. The highest BCUT2D eigenvalue weighted by atomic mass is 35.5. The zero-order valence-corrected chi connectivity index (χ0v) is 22.3. The molecule has 7 nitrogen and oxygen atoms in total. The van der Waals surface area contributed by atoms with E-state index in [0.717, 1.165) is 11.1 Å². The van der Waals surface area contributed by atoms with Crippen LogP contribution in [0.3, 0.4) is 0 Å². The molecule has 0 fully saturated rings. The van der Waals surface area contributed by atoms with E-state index in [9.17, 15) is 17.6 Å². The Hall–Kier alpha value is -3.01. The van der Waals surface area contributed by atoms with E-state index in [1.54, 1.807) is 12.3 Å². The maximum Gasteiger partial charge on any atom is 0.341 e. The molecule has 1 atom stereocenters. The van der Waals surface area contributed by atoms with Gasteiger partial charge in [-0.1, -0.05) is 49.7 Å². The lowest BCUT2D eigenvalue weighted by Crippen LogP contribution is -2.34. The Morgan fingerprint density at radius 3 is 2.65 bits per heavy atom. The molecule has 0 amide bonds. The summed E-state index contributed by atoms with van der Waals surface area (Å²) in [4.78, 5) is 15.2. The van der Waals surface area contributed by atoms with Crippen LogP contribution in [-0.4, -0.2) is 42.4 Å². The zero-order valence-electron chi connectivity index (χ0n) is 20.7. The standard InChI is InChI=1S/C27H28ClFN2O5S/c1-16(2)17-6-4-7-18(12-17)19-10-11-24(30-14-19)37(34,35)31(3)23-9-5-8-20-21(23)13-22(28)26(29)27(20)36-15-25(32)33/h4,6-7,10-14,16,23H,5,8-9,15H2,1-3H3,(H,32,33). The third-order valence-electron chi connectivity index (χ3n) is 6.62. The molecule has 0 saturated heterocycles. The number of benzene rings is 2. The molecule has 196 valence electrons. The van der Waals surface area contributed by atoms with Crippen molar-refractivity contribution < 1.29 is 27.4 Å². The third kappa shape index (κ3) is 5.49. The number of carboxylic acid groups (broad SMARTS) is 1. The van der Waals surface area contributed by atoms with Crippen LogP contribution < -0.4 is 4.74 Å². The predicted molar refractivity (Wildman–Crippen MR) is 139 cm³/mol. The van der Waals surface area contributed by atoms with E-state index < -0.39 is 34.5 Å². The second kappa shape index (κ2) is 10.8. The molecule has 1 aliphatic carbocycles. The number of aliphatic carboxylic acids is 1. The minimum Gasteiger partial charge on any atom is -0.479 e. The summed E-state index contributed by atoms with van der Waals surface area (Å²) in [6.45, 7) is 3.48. The molecular formula is C27H28ClFN2O5S. The van der Waals surface area contributed by atoms with Crippen LogP contribution in [0.25, 0.3) is 11.1 Å². The molecule has 10 heteroatoms. The normalized spacial score (nSPS) is 15.6. The Bertz CT molecular complexity index is 1430. The highest BCUT2D eigenvalue weighted by Crippen LogP contribution is 2.43. The molecule has 3 aromatic rings. The summed E-state index contributed by atoms with van der Waals surface area (Å²) < 4.78 is 48.2. The molecule has 1 unspecified atom stereocenters. The van der Waals surface area contributed by atoms with Gasteiger partial charge in [0.25, 0.3) is 10.0 Å².